The lowest BCUT2D eigenvalue weighted by Crippen LogP contribution is -2.32. The van der Waals surface area contributed by atoms with Gasteiger partial charge in [-0.15, -0.1) is 0 Å². The van der Waals surface area contributed by atoms with Gasteiger partial charge >= 0.3 is 0 Å². The predicted octanol–water partition coefficient (Wildman–Crippen LogP) is 0.780. The molecule has 70 valence electrons. The minimum absolute atomic E-state index is 0.540. The van der Waals surface area contributed by atoms with Crippen LogP contribution in [0.25, 0.3) is 0 Å². The molecule has 0 aliphatic carbocycles. The van der Waals surface area contributed by atoms with Crippen LogP contribution < -0.4 is 10.6 Å². The summed E-state index contributed by atoms with van der Waals surface area (Å²) < 4.78 is 0. The zero-order valence-corrected chi connectivity index (χ0v) is 7.98. The number of nitrogens with one attached hydrogen (secondary N) is 3. The standard InChI is InChI=1S/C9H19N3/c1-8(2)12-5-4-11-7-9(3)6-10/h6,8,10-12H,3-5,7H2,1-2H3. The summed E-state index contributed by atoms with van der Waals surface area (Å²) in [4.78, 5) is 0. The summed E-state index contributed by atoms with van der Waals surface area (Å²) in [6.07, 6.45) is 1.28. The van der Waals surface area contributed by atoms with Gasteiger partial charge in [0.2, 0.25) is 0 Å². The van der Waals surface area contributed by atoms with E-state index in [0.29, 0.717) is 12.6 Å². The first-order chi connectivity index (χ1) is 5.66. The molecule has 0 saturated heterocycles. The van der Waals surface area contributed by atoms with Gasteiger partial charge in [-0.05, 0) is 5.57 Å². The fourth-order valence-corrected chi connectivity index (χ4v) is 0.749. The van der Waals surface area contributed by atoms with E-state index in [1.807, 2.05) is 0 Å². The molecular formula is C9H19N3. The molecule has 0 spiro atoms. The van der Waals surface area contributed by atoms with Crippen LogP contribution >= 0.6 is 0 Å². The fourth-order valence-electron chi connectivity index (χ4n) is 0.749. The van der Waals surface area contributed by atoms with Crippen molar-refractivity contribution in [3.63, 3.8) is 0 Å². The van der Waals surface area contributed by atoms with Crippen molar-refractivity contribution in [1.82, 2.24) is 10.6 Å². The maximum absolute atomic E-state index is 6.88. The number of hydrogen-bond donors (Lipinski definition) is 3. The van der Waals surface area contributed by atoms with Crippen molar-refractivity contribution >= 4 is 6.21 Å². The molecular weight excluding hydrogens is 150 g/mol. The van der Waals surface area contributed by atoms with E-state index < -0.39 is 0 Å². The van der Waals surface area contributed by atoms with Crippen LogP contribution in [0.3, 0.4) is 0 Å². The Hall–Kier alpha value is -0.670. The van der Waals surface area contributed by atoms with Crippen molar-refractivity contribution in [1.29, 1.82) is 5.41 Å². The largest absolute Gasteiger partial charge is 0.313 e. The molecule has 12 heavy (non-hydrogen) atoms. The molecule has 0 unspecified atom stereocenters. The molecule has 0 bridgehead atoms. The summed E-state index contributed by atoms with van der Waals surface area (Å²) in [6.45, 7) is 10.5. The van der Waals surface area contributed by atoms with Crippen molar-refractivity contribution in [2.24, 2.45) is 0 Å². The van der Waals surface area contributed by atoms with E-state index in [4.69, 9.17) is 5.41 Å². The molecule has 0 rings (SSSR count). The predicted molar refractivity (Wildman–Crippen MR) is 53.9 cm³/mol. The maximum atomic E-state index is 6.88. The van der Waals surface area contributed by atoms with Gasteiger partial charge in [0.05, 0.1) is 0 Å². The lowest BCUT2D eigenvalue weighted by atomic mass is 10.3. The van der Waals surface area contributed by atoms with Crippen molar-refractivity contribution in [2.45, 2.75) is 19.9 Å². The first kappa shape index (κ1) is 11.3. The minimum atomic E-state index is 0.540. The summed E-state index contributed by atoms with van der Waals surface area (Å²) in [5.74, 6) is 0. The fraction of sp³-hybridized carbons (Fsp3) is 0.667. The van der Waals surface area contributed by atoms with Gasteiger partial charge in [-0.25, -0.2) is 0 Å². The van der Waals surface area contributed by atoms with Gasteiger partial charge in [-0.3, -0.25) is 0 Å². The normalized spacial score (nSPS) is 10.2. The Kier molecular flexibility index (Phi) is 6.61. The van der Waals surface area contributed by atoms with Crippen LogP contribution in [0.2, 0.25) is 0 Å². The van der Waals surface area contributed by atoms with E-state index >= 15 is 0 Å². The van der Waals surface area contributed by atoms with Crippen molar-refractivity contribution in [3.8, 4) is 0 Å². The molecule has 0 aliphatic rings. The van der Waals surface area contributed by atoms with Gasteiger partial charge in [-0.2, -0.15) is 0 Å². The van der Waals surface area contributed by atoms with E-state index in [-0.39, 0.29) is 0 Å². The van der Waals surface area contributed by atoms with Crippen molar-refractivity contribution < 1.29 is 0 Å². The van der Waals surface area contributed by atoms with E-state index in [1.54, 1.807) is 0 Å². The first-order valence-corrected chi connectivity index (χ1v) is 4.29. The molecule has 0 aromatic rings. The molecule has 3 nitrogen and oxygen atoms in total. The zero-order valence-electron chi connectivity index (χ0n) is 7.98. The molecule has 0 aromatic heterocycles. The third-order valence-electron chi connectivity index (χ3n) is 1.41. The Morgan fingerprint density at radius 2 is 2.17 bits per heavy atom. The first-order valence-electron chi connectivity index (χ1n) is 4.29. The van der Waals surface area contributed by atoms with Gasteiger partial charge in [-0.1, -0.05) is 20.4 Å². The Morgan fingerprint density at radius 1 is 1.50 bits per heavy atom. The van der Waals surface area contributed by atoms with Crippen LogP contribution in [-0.2, 0) is 0 Å². The third-order valence-corrected chi connectivity index (χ3v) is 1.41. The molecule has 0 amide bonds. The molecule has 0 fully saturated rings. The van der Waals surface area contributed by atoms with Crippen LogP contribution in [0.4, 0.5) is 0 Å². The summed E-state index contributed by atoms with van der Waals surface area (Å²) >= 11 is 0. The van der Waals surface area contributed by atoms with E-state index in [1.165, 1.54) is 6.21 Å². The second-order valence-corrected chi connectivity index (χ2v) is 3.09. The monoisotopic (exact) mass is 169 g/mol. The smallest absolute Gasteiger partial charge is 0.0216 e. The Morgan fingerprint density at radius 3 is 2.67 bits per heavy atom. The Labute approximate surface area is 74.8 Å². The lowest BCUT2D eigenvalue weighted by Gasteiger charge is -2.08. The molecule has 0 saturated carbocycles. The molecule has 3 heteroatoms. The molecule has 0 heterocycles. The summed E-state index contributed by atoms with van der Waals surface area (Å²) in [5.41, 5.74) is 0.819. The average molecular weight is 169 g/mol. The third kappa shape index (κ3) is 7.44. The van der Waals surface area contributed by atoms with Crippen LogP contribution in [0, 0.1) is 5.41 Å². The number of hydrogen-bond acceptors (Lipinski definition) is 3. The molecule has 0 aromatic carbocycles. The second kappa shape index (κ2) is 7.00. The van der Waals surface area contributed by atoms with Gasteiger partial charge in [0.25, 0.3) is 0 Å². The zero-order chi connectivity index (χ0) is 9.40. The Bertz CT molecular complexity index is 141. The summed E-state index contributed by atoms with van der Waals surface area (Å²) in [6, 6.07) is 0.540. The van der Waals surface area contributed by atoms with Crippen LogP contribution in [0.1, 0.15) is 13.8 Å². The minimum Gasteiger partial charge on any atom is -0.313 e. The van der Waals surface area contributed by atoms with Gasteiger partial charge in [0, 0.05) is 31.9 Å². The summed E-state index contributed by atoms with van der Waals surface area (Å²) in [5, 5.41) is 13.3. The van der Waals surface area contributed by atoms with E-state index in [2.05, 4.69) is 31.1 Å². The van der Waals surface area contributed by atoms with Gasteiger partial charge < -0.3 is 16.0 Å². The van der Waals surface area contributed by atoms with Crippen LogP contribution in [0.5, 0.6) is 0 Å². The molecule has 0 radical (unpaired) electrons. The van der Waals surface area contributed by atoms with Gasteiger partial charge in [0.15, 0.2) is 0 Å². The molecule has 0 atom stereocenters. The average Bonchev–Trinajstić information content (AvgIpc) is 2.03. The quantitative estimate of drug-likeness (QED) is 0.389. The topological polar surface area (TPSA) is 47.9 Å². The van der Waals surface area contributed by atoms with E-state index in [9.17, 15) is 0 Å². The van der Waals surface area contributed by atoms with E-state index in [0.717, 1.165) is 18.7 Å². The highest BCUT2D eigenvalue weighted by Gasteiger charge is 1.91. The van der Waals surface area contributed by atoms with Crippen molar-refractivity contribution in [3.05, 3.63) is 12.2 Å². The summed E-state index contributed by atoms with van der Waals surface area (Å²) in [7, 11) is 0. The molecule has 0 aliphatic heterocycles. The second-order valence-electron chi connectivity index (χ2n) is 3.09. The maximum Gasteiger partial charge on any atom is 0.0216 e. The number of rotatable bonds is 7. The SMILES string of the molecule is C=C(C=N)CNCCNC(C)C. The van der Waals surface area contributed by atoms with Crippen molar-refractivity contribution in [2.75, 3.05) is 19.6 Å². The molecule has 3 N–H and O–H groups in total. The van der Waals surface area contributed by atoms with Crippen LogP contribution in [0.15, 0.2) is 12.2 Å². The highest BCUT2D eigenvalue weighted by Crippen LogP contribution is 1.78. The Balaban J connectivity index is 3.11. The van der Waals surface area contributed by atoms with Gasteiger partial charge in [0.1, 0.15) is 0 Å². The highest BCUT2D eigenvalue weighted by molar-refractivity contribution is 5.75. The highest BCUT2D eigenvalue weighted by atomic mass is 15.0. The van der Waals surface area contributed by atoms with Crippen LogP contribution in [-0.4, -0.2) is 31.9 Å². The lowest BCUT2D eigenvalue weighted by molar-refractivity contribution is 0.566.